The molecule has 1 heterocycles. The van der Waals surface area contributed by atoms with Gasteiger partial charge in [0.15, 0.2) is 0 Å². The monoisotopic (exact) mass is 405 g/mol. The molecule has 1 N–H and O–H groups in total. The van der Waals surface area contributed by atoms with Gasteiger partial charge in [-0.2, -0.15) is 0 Å². The lowest BCUT2D eigenvalue weighted by Gasteiger charge is -2.35. The van der Waals surface area contributed by atoms with E-state index >= 15 is 0 Å². The number of rotatable bonds is 6. The molecule has 0 radical (unpaired) electrons. The number of piperazine rings is 1. The summed E-state index contributed by atoms with van der Waals surface area (Å²) in [5.74, 6) is -0.723. The molecule has 8 heteroatoms. The largest absolute Gasteiger partial charge is 0.467 e. The van der Waals surface area contributed by atoms with Crippen molar-refractivity contribution in [3.05, 3.63) is 35.9 Å². The maximum Gasteiger partial charge on any atom is 0.410 e. The molecule has 29 heavy (non-hydrogen) atoms. The second kappa shape index (κ2) is 10.2. The van der Waals surface area contributed by atoms with Gasteiger partial charge in [0.1, 0.15) is 11.6 Å². The molecule has 0 unspecified atom stereocenters. The van der Waals surface area contributed by atoms with Crippen LogP contribution in [0.4, 0.5) is 4.79 Å². The van der Waals surface area contributed by atoms with E-state index in [0.29, 0.717) is 32.6 Å². The molecule has 1 saturated heterocycles. The quantitative estimate of drug-likeness (QED) is 0.721. The highest BCUT2D eigenvalue weighted by Crippen LogP contribution is 2.12. The standard InChI is InChI=1S/C21H31N3O5/c1-21(2,3)29-20(27)24-12-10-23(11-13-24)15-18(25)22-17(19(26)28-4)14-16-8-6-5-7-9-16/h5-9,17H,10-15H2,1-4H3,(H,22,25)/t17-/m0/s1. The van der Waals surface area contributed by atoms with Crippen LogP contribution in [-0.2, 0) is 25.5 Å². The second-order valence-electron chi connectivity index (χ2n) is 8.08. The van der Waals surface area contributed by atoms with Crippen molar-refractivity contribution >= 4 is 18.0 Å². The number of hydrogen-bond donors (Lipinski definition) is 1. The Morgan fingerprint density at radius 3 is 2.24 bits per heavy atom. The third-order valence-corrected chi connectivity index (χ3v) is 4.49. The van der Waals surface area contributed by atoms with Crippen LogP contribution in [0.15, 0.2) is 30.3 Å². The summed E-state index contributed by atoms with van der Waals surface area (Å²) in [5, 5.41) is 2.77. The minimum absolute atomic E-state index is 0.157. The van der Waals surface area contributed by atoms with Crippen molar-refractivity contribution in [3.63, 3.8) is 0 Å². The van der Waals surface area contributed by atoms with Gasteiger partial charge in [0.05, 0.1) is 13.7 Å². The van der Waals surface area contributed by atoms with Gasteiger partial charge in [-0.1, -0.05) is 30.3 Å². The zero-order chi connectivity index (χ0) is 21.4. The highest BCUT2D eigenvalue weighted by Gasteiger charge is 2.28. The van der Waals surface area contributed by atoms with E-state index in [9.17, 15) is 14.4 Å². The van der Waals surface area contributed by atoms with E-state index in [4.69, 9.17) is 9.47 Å². The lowest BCUT2D eigenvalue weighted by Crippen LogP contribution is -2.53. The van der Waals surface area contributed by atoms with Gasteiger partial charge in [-0.05, 0) is 26.3 Å². The molecule has 0 saturated carbocycles. The van der Waals surface area contributed by atoms with Gasteiger partial charge < -0.3 is 19.7 Å². The summed E-state index contributed by atoms with van der Waals surface area (Å²) < 4.78 is 10.2. The minimum atomic E-state index is -0.738. The summed E-state index contributed by atoms with van der Waals surface area (Å²) in [4.78, 5) is 40.3. The Labute approximate surface area is 172 Å². The molecule has 0 spiro atoms. The zero-order valence-electron chi connectivity index (χ0n) is 17.6. The number of esters is 1. The molecule has 0 aromatic heterocycles. The van der Waals surface area contributed by atoms with E-state index in [1.807, 2.05) is 56.0 Å². The second-order valence-corrected chi connectivity index (χ2v) is 8.08. The summed E-state index contributed by atoms with van der Waals surface area (Å²) >= 11 is 0. The van der Waals surface area contributed by atoms with Crippen molar-refractivity contribution in [1.82, 2.24) is 15.1 Å². The van der Waals surface area contributed by atoms with Gasteiger partial charge in [0, 0.05) is 32.6 Å². The van der Waals surface area contributed by atoms with Crippen LogP contribution in [-0.4, -0.2) is 79.2 Å². The van der Waals surface area contributed by atoms with Crippen LogP contribution in [0.2, 0.25) is 0 Å². The molecule has 1 aliphatic heterocycles. The van der Waals surface area contributed by atoms with Gasteiger partial charge in [-0.15, -0.1) is 0 Å². The van der Waals surface area contributed by atoms with E-state index in [2.05, 4.69) is 5.32 Å². The van der Waals surface area contributed by atoms with Crippen LogP contribution >= 0.6 is 0 Å². The highest BCUT2D eigenvalue weighted by atomic mass is 16.6. The summed E-state index contributed by atoms with van der Waals surface area (Å²) in [6.07, 6.45) is 0.0290. The third kappa shape index (κ3) is 7.73. The van der Waals surface area contributed by atoms with E-state index in [1.54, 1.807) is 4.90 Å². The van der Waals surface area contributed by atoms with Crippen LogP contribution in [0.5, 0.6) is 0 Å². The van der Waals surface area contributed by atoms with E-state index in [0.717, 1.165) is 5.56 Å². The normalized spacial score (nSPS) is 16.1. The Bertz CT molecular complexity index is 694. The highest BCUT2D eigenvalue weighted by molar-refractivity contribution is 5.85. The summed E-state index contributed by atoms with van der Waals surface area (Å²) in [5.41, 5.74) is 0.407. The van der Waals surface area contributed by atoms with E-state index < -0.39 is 17.6 Å². The fraction of sp³-hybridized carbons (Fsp3) is 0.571. The molecule has 1 aromatic carbocycles. The Balaban J connectivity index is 1.83. The molecule has 1 aliphatic rings. The number of benzene rings is 1. The Morgan fingerprint density at radius 2 is 1.69 bits per heavy atom. The molecule has 160 valence electrons. The SMILES string of the molecule is COC(=O)[C@H](Cc1ccccc1)NC(=O)CN1CCN(C(=O)OC(C)(C)C)CC1. The molecule has 1 atom stereocenters. The van der Waals surface area contributed by atoms with Gasteiger partial charge in [-0.25, -0.2) is 9.59 Å². The lowest BCUT2D eigenvalue weighted by molar-refractivity contribution is -0.145. The lowest BCUT2D eigenvalue weighted by atomic mass is 10.1. The molecule has 2 amide bonds. The first-order chi connectivity index (χ1) is 13.7. The number of methoxy groups -OCH3 is 1. The molecule has 8 nitrogen and oxygen atoms in total. The van der Waals surface area contributed by atoms with Crippen molar-refractivity contribution in [2.24, 2.45) is 0 Å². The van der Waals surface area contributed by atoms with Crippen LogP contribution in [0, 0.1) is 0 Å². The van der Waals surface area contributed by atoms with Crippen molar-refractivity contribution < 1.29 is 23.9 Å². The smallest absolute Gasteiger partial charge is 0.410 e. The molecule has 1 fully saturated rings. The number of hydrogen-bond acceptors (Lipinski definition) is 6. The molecule has 1 aromatic rings. The minimum Gasteiger partial charge on any atom is -0.467 e. The van der Waals surface area contributed by atoms with Gasteiger partial charge in [0.25, 0.3) is 0 Å². The van der Waals surface area contributed by atoms with Crippen LogP contribution in [0.1, 0.15) is 26.3 Å². The van der Waals surface area contributed by atoms with Crippen LogP contribution < -0.4 is 5.32 Å². The van der Waals surface area contributed by atoms with Crippen LogP contribution in [0.3, 0.4) is 0 Å². The number of amides is 2. The fourth-order valence-electron chi connectivity index (χ4n) is 3.04. The van der Waals surface area contributed by atoms with Gasteiger partial charge in [-0.3, -0.25) is 9.69 Å². The average Bonchev–Trinajstić information content (AvgIpc) is 2.67. The predicted octanol–water partition coefficient (Wildman–Crippen LogP) is 1.44. The number of carbonyl (C=O) groups is 3. The number of nitrogens with zero attached hydrogens (tertiary/aromatic N) is 2. The van der Waals surface area contributed by atoms with Crippen molar-refractivity contribution in [2.75, 3.05) is 39.8 Å². The fourth-order valence-corrected chi connectivity index (χ4v) is 3.04. The zero-order valence-corrected chi connectivity index (χ0v) is 17.6. The van der Waals surface area contributed by atoms with Crippen LogP contribution in [0.25, 0.3) is 0 Å². The Morgan fingerprint density at radius 1 is 1.07 bits per heavy atom. The van der Waals surface area contributed by atoms with Crippen molar-refractivity contribution in [2.45, 2.75) is 38.8 Å². The number of nitrogens with one attached hydrogen (secondary N) is 1. The average molecular weight is 405 g/mol. The first-order valence-corrected chi connectivity index (χ1v) is 9.79. The third-order valence-electron chi connectivity index (χ3n) is 4.49. The van der Waals surface area contributed by atoms with Crippen molar-refractivity contribution in [1.29, 1.82) is 0 Å². The maximum atomic E-state index is 12.5. The maximum absolute atomic E-state index is 12.5. The molecular weight excluding hydrogens is 374 g/mol. The molecule has 0 bridgehead atoms. The first kappa shape index (κ1) is 22.7. The van der Waals surface area contributed by atoms with Gasteiger partial charge >= 0.3 is 12.1 Å². The molecular formula is C21H31N3O5. The first-order valence-electron chi connectivity index (χ1n) is 9.79. The summed E-state index contributed by atoms with van der Waals surface area (Å²) in [7, 11) is 1.31. The Hall–Kier alpha value is -2.61. The summed E-state index contributed by atoms with van der Waals surface area (Å²) in [6.45, 7) is 7.77. The van der Waals surface area contributed by atoms with Gasteiger partial charge in [0.2, 0.25) is 5.91 Å². The van der Waals surface area contributed by atoms with E-state index in [1.165, 1.54) is 7.11 Å². The Kier molecular flexibility index (Phi) is 8.01. The topological polar surface area (TPSA) is 88.2 Å². The number of carbonyl (C=O) groups excluding carboxylic acids is 3. The molecule has 2 rings (SSSR count). The predicted molar refractivity (Wildman–Crippen MR) is 108 cm³/mol. The van der Waals surface area contributed by atoms with E-state index in [-0.39, 0.29) is 18.5 Å². The number of ether oxygens (including phenoxy) is 2. The van der Waals surface area contributed by atoms with Crippen molar-refractivity contribution in [3.8, 4) is 0 Å². The summed E-state index contributed by atoms with van der Waals surface area (Å²) in [6, 6.07) is 8.73. The molecule has 0 aliphatic carbocycles.